The Kier molecular flexibility index (Phi) is 4.94. The van der Waals surface area contributed by atoms with Crippen LogP contribution >= 0.6 is 0 Å². The van der Waals surface area contributed by atoms with Gasteiger partial charge in [-0.1, -0.05) is 42.5 Å². The summed E-state index contributed by atoms with van der Waals surface area (Å²) < 4.78 is 1.60. The zero-order valence-corrected chi connectivity index (χ0v) is 15.0. The minimum Gasteiger partial charge on any atom is -0.358 e. The van der Waals surface area contributed by atoms with Crippen LogP contribution < -0.4 is 5.69 Å². The number of aromatic nitrogens is 3. The predicted octanol–water partition coefficient (Wildman–Crippen LogP) is 3.29. The summed E-state index contributed by atoms with van der Waals surface area (Å²) in [5.74, 6) is 0. The van der Waals surface area contributed by atoms with E-state index in [-0.39, 0.29) is 45.8 Å². The molecule has 1 N–H and O–H groups in total. The van der Waals surface area contributed by atoms with Crippen LogP contribution in [0.4, 0.5) is 0 Å². The summed E-state index contributed by atoms with van der Waals surface area (Å²) in [6, 6.07) is 20.0. The topological polar surface area (TPSA) is 50.2 Å². The first-order valence-corrected chi connectivity index (χ1v) is 6.39. The monoisotopic (exact) mass is 365 g/mol. The maximum absolute atomic E-state index is 11.9. The first-order valence-electron chi connectivity index (χ1n) is 6.39. The molecule has 0 unspecified atom stereocenters. The zero-order chi connectivity index (χ0) is 13.5. The molecule has 22 heavy (non-hydrogen) atoms. The van der Waals surface area contributed by atoms with Crippen LogP contribution in [0.25, 0.3) is 27.7 Å². The Balaban J connectivity index is 0.000000882. The van der Waals surface area contributed by atoms with Crippen molar-refractivity contribution >= 4 is 16.6 Å². The number of hydrogen-bond donors (Lipinski definition) is 1. The SMILES string of the molecule is O=c1[nH]nc2ccc3c(-c4ccccc4)cccc3n12.[CH3-].[Y]. The molecule has 2 heterocycles. The molecule has 0 atom stereocenters. The molecule has 0 fully saturated rings. The molecule has 0 aliphatic carbocycles. The minimum absolute atomic E-state index is 0. The second-order valence-electron chi connectivity index (χ2n) is 4.66. The van der Waals surface area contributed by atoms with Gasteiger partial charge in [-0.05, 0) is 29.3 Å². The predicted molar refractivity (Wildman–Crippen MR) is 85.2 cm³/mol. The van der Waals surface area contributed by atoms with Crippen molar-refractivity contribution in [3.05, 3.63) is 78.6 Å². The molecule has 0 bridgehead atoms. The van der Waals surface area contributed by atoms with Gasteiger partial charge in [0.2, 0.25) is 0 Å². The van der Waals surface area contributed by atoms with Crippen molar-refractivity contribution in [3.63, 3.8) is 0 Å². The van der Waals surface area contributed by atoms with Crippen LogP contribution in [0, 0.1) is 7.43 Å². The van der Waals surface area contributed by atoms with E-state index in [1.165, 1.54) is 0 Å². The molecule has 0 aliphatic heterocycles. The second-order valence-corrected chi connectivity index (χ2v) is 4.66. The van der Waals surface area contributed by atoms with Crippen LogP contribution in [-0.2, 0) is 32.7 Å². The van der Waals surface area contributed by atoms with E-state index in [2.05, 4.69) is 28.4 Å². The van der Waals surface area contributed by atoms with Crippen LogP contribution in [0.15, 0.2) is 65.5 Å². The Morgan fingerprint density at radius 1 is 0.909 bits per heavy atom. The van der Waals surface area contributed by atoms with Crippen LogP contribution in [0.2, 0.25) is 0 Å². The third kappa shape index (κ3) is 2.53. The molecule has 5 heteroatoms. The summed E-state index contributed by atoms with van der Waals surface area (Å²) in [6.45, 7) is 0. The molecule has 4 aromatic rings. The van der Waals surface area contributed by atoms with Crippen LogP contribution in [0.5, 0.6) is 0 Å². The van der Waals surface area contributed by atoms with Crippen molar-refractivity contribution in [2.45, 2.75) is 0 Å². The first-order chi connectivity index (χ1) is 9.84. The number of aromatic amines is 1. The smallest absolute Gasteiger partial charge is 0.348 e. The Labute approximate surface area is 153 Å². The zero-order valence-electron chi connectivity index (χ0n) is 12.2. The second kappa shape index (κ2) is 6.55. The maximum atomic E-state index is 11.9. The molecule has 107 valence electrons. The molecule has 1 radical (unpaired) electrons. The largest absolute Gasteiger partial charge is 0.358 e. The minimum atomic E-state index is -0.212. The molecular formula is C17H14N3OY-. The van der Waals surface area contributed by atoms with Crippen LogP contribution in [-0.4, -0.2) is 14.6 Å². The van der Waals surface area contributed by atoms with E-state index in [9.17, 15) is 4.79 Å². The van der Waals surface area contributed by atoms with E-state index >= 15 is 0 Å². The summed E-state index contributed by atoms with van der Waals surface area (Å²) in [5.41, 5.74) is 3.53. The molecule has 0 saturated heterocycles. The van der Waals surface area contributed by atoms with E-state index in [0.717, 1.165) is 22.0 Å². The average Bonchev–Trinajstić information content (AvgIpc) is 2.89. The maximum Gasteiger partial charge on any atom is 0.348 e. The fraction of sp³-hybridized carbons (Fsp3) is 0. The van der Waals surface area contributed by atoms with Crippen molar-refractivity contribution in [1.82, 2.24) is 14.6 Å². The van der Waals surface area contributed by atoms with Gasteiger partial charge in [0.15, 0.2) is 5.65 Å². The standard InChI is InChI=1S/C16H11N3O.CH3.Y/c20-16-18-17-15-10-9-13-12(11-5-2-1-3-6-11)7-4-8-14(13)19(15)16;;/h1-10H,(H,18,20);1H3;/q;-1;. The van der Waals surface area contributed by atoms with Crippen molar-refractivity contribution < 1.29 is 32.7 Å². The number of benzene rings is 2. The third-order valence-corrected chi connectivity index (χ3v) is 3.51. The number of H-pyrrole nitrogens is 1. The average molecular weight is 365 g/mol. The van der Waals surface area contributed by atoms with Crippen LogP contribution in [0.1, 0.15) is 0 Å². The van der Waals surface area contributed by atoms with Gasteiger partial charge in [0.05, 0.1) is 5.52 Å². The summed E-state index contributed by atoms with van der Waals surface area (Å²) in [4.78, 5) is 11.9. The quantitative estimate of drug-likeness (QED) is 0.527. The molecule has 0 saturated carbocycles. The van der Waals surface area contributed by atoms with E-state index in [0.29, 0.717) is 5.65 Å². The summed E-state index contributed by atoms with van der Waals surface area (Å²) in [7, 11) is 0. The van der Waals surface area contributed by atoms with Gasteiger partial charge >= 0.3 is 5.69 Å². The normalized spacial score (nSPS) is 10.2. The summed E-state index contributed by atoms with van der Waals surface area (Å²) in [6.07, 6.45) is 0. The molecule has 0 spiro atoms. The number of rotatable bonds is 1. The summed E-state index contributed by atoms with van der Waals surface area (Å²) >= 11 is 0. The van der Waals surface area contributed by atoms with Crippen molar-refractivity contribution in [2.75, 3.05) is 0 Å². The molecule has 0 amide bonds. The van der Waals surface area contributed by atoms with Gasteiger partial charge in [-0.2, -0.15) is 5.10 Å². The summed E-state index contributed by atoms with van der Waals surface area (Å²) in [5, 5.41) is 7.52. The Morgan fingerprint density at radius 2 is 1.68 bits per heavy atom. The van der Waals surface area contributed by atoms with E-state index in [1.54, 1.807) is 4.40 Å². The van der Waals surface area contributed by atoms with Gasteiger partial charge in [0.25, 0.3) is 0 Å². The molecule has 4 nitrogen and oxygen atoms in total. The third-order valence-electron chi connectivity index (χ3n) is 3.51. The number of pyridine rings is 1. The number of fused-ring (bicyclic) bond motifs is 3. The van der Waals surface area contributed by atoms with Gasteiger partial charge in [0.1, 0.15) is 0 Å². The Bertz CT molecular complexity index is 973. The Hall–Kier alpha value is -1.78. The Morgan fingerprint density at radius 3 is 2.45 bits per heavy atom. The van der Waals surface area contributed by atoms with E-state index < -0.39 is 0 Å². The number of nitrogens with zero attached hydrogens (tertiary/aromatic N) is 2. The van der Waals surface area contributed by atoms with E-state index in [4.69, 9.17) is 0 Å². The van der Waals surface area contributed by atoms with Gasteiger partial charge < -0.3 is 7.43 Å². The van der Waals surface area contributed by atoms with Gasteiger partial charge in [-0.15, -0.1) is 0 Å². The van der Waals surface area contributed by atoms with Crippen LogP contribution in [0.3, 0.4) is 0 Å². The van der Waals surface area contributed by atoms with Gasteiger partial charge in [-0.25, -0.2) is 14.3 Å². The fourth-order valence-corrected chi connectivity index (χ4v) is 2.60. The molecule has 0 aliphatic rings. The molecular weight excluding hydrogens is 351 g/mol. The first kappa shape index (κ1) is 16.6. The van der Waals surface area contributed by atoms with Crippen molar-refractivity contribution in [1.29, 1.82) is 0 Å². The van der Waals surface area contributed by atoms with Crippen molar-refractivity contribution in [2.24, 2.45) is 0 Å². The fourth-order valence-electron chi connectivity index (χ4n) is 2.60. The van der Waals surface area contributed by atoms with Gasteiger partial charge in [-0.3, -0.25) is 0 Å². The van der Waals surface area contributed by atoms with Crippen molar-refractivity contribution in [3.8, 4) is 11.1 Å². The number of nitrogens with one attached hydrogen (secondary N) is 1. The van der Waals surface area contributed by atoms with Gasteiger partial charge in [0, 0.05) is 38.1 Å². The molecule has 2 aromatic carbocycles. The molecule has 2 aromatic heterocycles. The van der Waals surface area contributed by atoms with E-state index in [1.807, 2.05) is 42.5 Å². The number of hydrogen-bond acceptors (Lipinski definition) is 2. The molecule has 4 rings (SSSR count).